The van der Waals surface area contributed by atoms with E-state index in [-0.39, 0.29) is 17.3 Å². The molecule has 0 aliphatic carbocycles. The molecule has 0 fully saturated rings. The molecule has 0 aliphatic rings. The first-order valence-corrected chi connectivity index (χ1v) is 9.59. The first-order valence-electron chi connectivity index (χ1n) is 9.59. The van der Waals surface area contributed by atoms with Crippen molar-refractivity contribution in [2.24, 2.45) is 22.9 Å². The molecule has 0 spiro atoms. The van der Waals surface area contributed by atoms with Gasteiger partial charge < -0.3 is 22.9 Å². The molecule has 26 heavy (non-hydrogen) atoms. The van der Waals surface area contributed by atoms with Crippen LogP contribution in [0.4, 0.5) is 0 Å². The van der Waals surface area contributed by atoms with E-state index in [1.165, 1.54) is 76.0 Å². The van der Waals surface area contributed by atoms with Crippen molar-refractivity contribution in [1.29, 1.82) is 0 Å². The average Bonchev–Trinajstić information content (AvgIpc) is 2.60. The maximum atomic E-state index is 10.6. The zero-order chi connectivity index (χ0) is 19.8. The molecule has 0 radical (unpaired) electrons. The summed E-state index contributed by atoms with van der Waals surface area (Å²) in [4.78, 5) is 21.3. The lowest BCUT2D eigenvalue weighted by Crippen LogP contribution is -2.29. The van der Waals surface area contributed by atoms with E-state index in [0.29, 0.717) is 0 Å². The highest BCUT2D eigenvalue weighted by molar-refractivity contribution is 5.98. The van der Waals surface area contributed by atoms with Crippen LogP contribution in [0.15, 0.2) is 24.3 Å². The number of unbranched alkanes of at least 4 members (excludes halogenated alkanes) is 8. The van der Waals surface area contributed by atoms with Crippen LogP contribution in [-0.4, -0.2) is 18.0 Å². The predicted octanol–water partition coefficient (Wildman–Crippen LogP) is 3.04. The van der Waals surface area contributed by atoms with Gasteiger partial charge in [0.05, 0.1) is 6.17 Å². The summed E-state index contributed by atoms with van der Waals surface area (Å²) >= 11 is 0. The minimum Gasteiger partial charge on any atom is -0.366 e. The molecule has 148 valence electrons. The van der Waals surface area contributed by atoms with Crippen molar-refractivity contribution in [1.82, 2.24) is 0 Å². The van der Waals surface area contributed by atoms with E-state index in [1.54, 1.807) is 6.07 Å². The minimum absolute atomic E-state index is 0.0976. The van der Waals surface area contributed by atoms with Crippen molar-refractivity contribution in [3.05, 3.63) is 35.4 Å². The quantitative estimate of drug-likeness (QED) is 0.334. The lowest BCUT2D eigenvalue weighted by Gasteiger charge is -2.04. The van der Waals surface area contributed by atoms with Crippen molar-refractivity contribution >= 4 is 11.8 Å². The Morgan fingerprint density at radius 1 is 0.808 bits per heavy atom. The second-order valence-electron chi connectivity index (χ2n) is 6.59. The summed E-state index contributed by atoms with van der Waals surface area (Å²) in [6.45, 7) is 2.26. The molecule has 0 aliphatic heterocycles. The summed E-state index contributed by atoms with van der Waals surface area (Å²) in [5.74, 6) is -1.14. The number of hydrogen-bond acceptors (Lipinski definition) is 4. The second-order valence-corrected chi connectivity index (χ2v) is 6.59. The Kier molecular flexibility index (Phi) is 14.2. The van der Waals surface area contributed by atoms with Gasteiger partial charge in [-0.25, -0.2) is 0 Å². The van der Waals surface area contributed by atoms with E-state index < -0.39 is 11.8 Å². The molecule has 0 heterocycles. The van der Waals surface area contributed by atoms with Crippen LogP contribution in [0.3, 0.4) is 0 Å². The highest BCUT2D eigenvalue weighted by Gasteiger charge is 2.03. The standard InChI is InChI=1S/C12H28N2.C8H8N2O2/c1-2-3-4-5-6-7-8-9-10-11-12(13)14;9-7(11)5-2-1-3-6(4-5)8(10)12/h12H,2-11,13-14H2,1H3;1-4H,(H2,9,11)(H2,10,12). The monoisotopic (exact) mass is 364 g/mol. The smallest absolute Gasteiger partial charge is 0.248 e. The molecule has 6 heteroatoms. The number of amides is 2. The summed E-state index contributed by atoms with van der Waals surface area (Å²) in [5.41, 5.74) is 21.5. The van der Waals surface area contributed by atoms with Crippen LogP contribution < -0.4 is 22.9 Å². The molecule has 1 aromatic rings. The SMILES string of the molecule is CCCCCCCCCCCC(N)N.NC(=O)c1cccc(C(N)=O)c1. The molecular weight excluding hydrogens is 328 g/mol. The number of carbonyl (C=O) groups excluding carboxylic acids is 2. The van der Waals surface area contributed by atoms with Crippen molar-refractivity contribution in [2.45, 2.75) is 77.3 Å². The normalized spacial score (nSPS) is 10.3. The van der Waals surface area contributed by atoms with Crippen LogP contribution in [-0.2, 0) is 0 Å². The highest BCUT2D eigenvalue weighted by atomic mass is 16.1. The van der Waals surface area contributed by atoms with Crippen molar-refractivity contribution < 1.29 is 9.59 Å². The molecule has 0 atom stereocenters. The van der Waals surface area contributed by atoms with Crippen LogP contribution in [0.25, 0.3) is 0 Å². The summed E-state index contributed by atoms with van der Waals surface area (Å²) in [7, 11) is 0. The third kappa shape index (κ3) is 13.4. The molecule has 0 unspecified atom stereocenters. The molecule has 6 nitrogen and oxygen atoms in total. The second kappa shape index (κ2) is 15.3. The third-order valence-electron chi connectivity index (χ3n) is 4.07. The largest absolute Gasteiger partial charge is 0.366 e. The number of nitrogens with two attached hydrogens (primary N) is 4. The zero-order valence-electron chi connectivity index (χ0n) is 16.1. The van der Waals surface area contributed by atoms with E-state index in [0.717, 1.165) is 6.42 Å². The molecule has 1 rings (SSSR count). The van der Waals surface area contributed by atoms with E-state index >= 15 is 0 Å². The number of rotatable bonds is 12. The summed E-state index contributed by atoms with van der Waals surface area (Å²) in [6.07, 6.45) is 13.1. The maximum Gasteiger partial charge on any atom is 0.248 e. The fourth-order valence-corrected chi connectivity index (χ4v) is 2.52. The van der Waals surface area contributed by atoms with Crippen LogP contribution in [0.5, 0.6) is 0 Å². The number of carbonyl (C=O) groups is 2. The van der Waals surface area contributed by atoms with Gasteiger partial charge in [0, 0.05) is 11.1 Å². The van der Waals surface area contributed by atoms with Crippen LogP contribution in [0, 0.1) is 0 Å². The molecule has 2 amide bonds. The van der Waals surface area contributed by atoms with Gasteiger partial charge in [-0.3, -0.25) is 9.59 Å². The molecule has 8 N–H and O–H groups in total. The van der Waals surface area contributed by atoms with E-state index in [4.69, 9.17) is 22.9 Å². The van der Waals surface area contributed by atoms with Gasteiger partial charge in [0.15, 0.2) is 0 Å². The van der Waals surface area contributed by atoms with Crippen molar-refractivity contribution in [2.75, 3.05) is 0 Å². The fourth-order valence-electron chi connectivity index (χ4n) is 2.52. The summed E-state index contributed by atoms with van der Waals surface area (Å²) in [6, 6.07) is 5.97. The molecule has 1 aromatic carbocycles. The first-order chi connectivity index (χ1) is 12.4. The Morgan fingerprint density at radius 2 is 1.23 bits per heavy atom. The Hall–Kier alpha value is -1.92. The van der Waals surface area contributed by atoms with Crippen LogP contribution in [0.2, 0.25) is 0 Å². The van der Waals surface area contributed by atoms with Gasteiger partial charge in [-0.2, -0.15) is 0 Å². The Morgan fingerprint density at radius 3 is 1.62 bits per heavy atom. The topological polar surface area (TPSA) is 138 Å². The molecule has 0 aromatic heterocycles. The van der Waals surface area contributed by atoms with Gasteiger partial charge in [-0.1, -0.05) is 70.8 Å². The number of benzene rings is 1. The molecular formula is C20H36N4O2. The number of hydrogen-bond donors (Lipinski definition) is 4. The minimum atomic E-state index is -0.571. The van der Waals surface area contributed by atoms with Crippen molar-refractivity contribution in [3.8, 4) is 0 Å². The van der Waals surface area contributed by atoms with Gasteiger partial charge in [0.2, 0.25) is 11.8 Å². The Bertz CT molecular complexity index is 489. The average molecular weight is 365 g/mol. The first kappa shape index (κ1) is 24.1. The third-order valence-corrected chi connectivity index (χ3v) is 4.07. The van der Waals surface area contributed by atoms with Gasteiger partial charge in [-0.15, -0.1) is 0 Å². The molecule has 0 saturated heterocycles. The molecule has 0 bridgehead atoms. The lowest BCUT2D eigenvalue weighted by atomic mass is 10.1. The van der Waals surface area contributed by atoms with Gasteiger partial charge >= 0.3 is 0 Å². The van der Waals surface area contributed by atoms with E-state index in [2.05, 4.69) is 6.92 Å². The molecule has 0 saturated carbocycles. The van der Waals surface area contributed by atoms with E-state index in [1.807, 2.05) is 0 Å². The summed E-state index contributed by atoms with van der Waals surface area (Å²) < 4.78 is 0. The lowest BCUT2D eigenvalue weighted by molar-refractivity contribution is 0.0999. The Labute approximate surface area is 157 Å². The van der Waals surface area contributed by atoms with Gasteiger partial charge in [0.1, 0.15) is 0 Å². The van der Waals surface area contributed by atoms with Gasteiger partial charge in [0.25, 0.3) is 0 Å². The number of primary amides is 2. The van der Waals surface area contributed by atoms with E-state index in [9.17, 15) is 9.59 Å². The van der Waals surface area contributed by atoms with Crippen molar-refractivity contribution in [3.63, 3.8) is 0 Å². The zero-order valence-corrected chi connectivity index (χ0v) is 16.1. The maximum absolute atomic E-state index is 10.6. The van der Waals surface area contributed by atoms with Crippen LogP contribution in [0.1, 0.15) is 91.8 Å². The van der Waals surface area contributed by atoms with Gasteiger partial charge in [-0.05, 0) is 24.6 Å². The Balaban J connectivity index is 0.000000485. The van der Waals surface area contributed by atoms with Crippen LogP contribution >= 0.6 is 0 Å². The highest BCUT2D eigenvalue weighted by Crippen LogP contribution is 2.10. The summed E-state index contributed by atoms with van der Waals surface area (Å²) in [5, 5.41) is 0. The fraction of sp³-hybridized carbons (Fsp3) is 0.600. The predicted molar refractivity (Wildman–Crippen MR) is 107 cm³/mol.